The van der Waals surface area contributed by atoms with Crippen molar-refractivity contribution >= 4 is 17.5 Å². The standard InChI is InChI=1S/C21H25ClFN3O2/c22-18-3-7-20(8-4-18)28-14-13-25-9-11-26(12-10-25)16-21(27)24-15-17-1-5-19(23)6-2-17/h1-8H,9-16H2,(H,24,27)/p+2. The number of nitrogens with one attached hydrogen (secondary N) is 3. The third-order valence-electron chi connectivity index (χ3n) is 5.02. The van der Waals surface area contributed by atoms with Gasteiger partial charge in [0.2, 0.25) is 0 Å². The Bertz CT molecular complexity index is 747. The molecule has 150 valence electrons. The highest BCUT2D eigenvalue weighted by Gasteiger charge is 2.24. The van der Waals surface area contributed by atoms with E-state index in [4.69, 9.17) is 16.3 Å². The summed E-state index contributed by atoms with van der Waals surface area (Å²) in [5, 5.41) is 3.62. The molecule has 0 radical (unpaired) electrons. The first-order chi connectivity index (χ1) is 13.6. The normalized spacial score (nSPS) is 19.2. The molecule has 0 bridgehead atoms. The van der Waals surface area contributed by atoms with E-state index >= 15 is 0 Å². The van der Waals surface area contributed by atoms with Crippen LogP contribution in [-0.2, 0) is 11.3 Å². The third kappa shape index (κ3) is 6.78. The van der Waals surface area contributed by atoms with Crippen molar-refractivity contribution < 1.29 is 23.7 Å². The quantitative estimate of drug-likeness (QED) is 0.575. The molecule has 1 amide bonds. The molecule has 0 atom stereocenters. The molecule has 1 fully saturated rings. The summed E-state index contributed by atoms with van der Waals surface area (Å²) in [6, 6.07) is 13.6. The summed E-state index contributed by atoms with van der Waals surface area (Å²) in [6.07, 6.45) is 0. The van der Waals surface area contributed by atoms with Crippen LogP contribution < -0.4 is 19.9 Å². The molecule has 3 rings (SSSR count). The lowest BCUT2D eigenvalue weighted by Crippen LogP contribution is -3.28. The zero-order valence-electron chi connectivity index (χ0n) is 15.8. The number of ether oxygens (including phenoxy) is 1. The number of piperazine rings is 1. The fourth-order valence-corrected chi connectivity index (χ4v) is 3.45. The predicted molar refractivity (Wildman–Crippen MR) is 106 cm³/mol. The molecule has 2 aromatic carbocycles. The van der Waals surface area contributed by atoms with Crippen molar-refractivity contribution in [2.45, 2.75) is 6.54 Å². The summed E-state index contributed by atoms with van der Waals surface area (Å²) in [7, 11) is 0. The largest absolute Gasteiger partial charge is 0.488 e. The van der Waals surface area contributed by atoms with Crippen molar-refractivity contribution in [1.29, 1.82) is 0 Å². The first kappa shape index (κ1) is 20.6. The zero-order valence-corrected chi connectivity index (χ0v) is 16.6. The van der Waals surface area contributed by atoms with E-state index in [1.807, 2.05) is 24.3 Å². The molecule has 0 aromatic heterocycles. The van der Waals surface area contributed by atoms with Crippen molar-refractivity contribution in [2.75, 3.05) is 45.9 Å². The van der Waals surface area contributed by atoms with Crippen molar-refractivity contribution in [3.8, 4) is 5.75 Å². The average molecular weight is 408 g/mol. The number of benzene rings is 2. The van der Waals surface area contributed by atoms with E-state index in [0.29, 0.717) is 24.7 Å². The lowest BCUT2D eigenvalue weighted by molar-refractivity contribution is -1.01. The molecule has 2 aromatic rings. The van der Waals surface area contributed by atoms with Crippen molar-refractivity contribution in [3.63, 3.8) is 0 Å². The highest BCUT2D eigenvalue weighted by atomic mass is 35.5. The Hall–Kier alpha value is -2.15. The molecule has 5 nitrogen and oxygen atoms in total. The molecule has 3 N–H and O–H groups in total. The van der Waals surface area contributed by atoms with Crippen LogP contribution >= 0.6 is 11.6 Å². The van der Waals surface area contributed by atoms with Crippen LogP contribution in [0.1, 0.15) is 5.56 Å². The summed E-state index contributed by atoms with van der Waals surface area (Å²) in [6.45, 7) is 6.55. The van der Waals surface area contributed by atoms with Crippen LogP contribution in [0.15, 0.2) is 48.5 Å². The minimum absolute atomic E-state index is 0.0360. The van der Waals surface area contributed by atoms with Gasteiger partial charge in [-0.2, -0.15) is 0 Å². The summed E-state index contributed by atoms with van der Waals surface area (Å²) in [5.41, 5.74) is 0.903. The van der Waals surface area contributed by atoms with E-state index in [2.05, 4.69) is 5.32 Å². The molecule has 7 heteroatoms. The van der Waals surface area contributed by atoms with Gasteiger partial charge in [-0.25, -0.2) is 4.39 Å². The summed E-state index contributed by atoms with van der Waals surface area (Å²) in [5.74, 6) is 0.609. The molecule has 0 saturated carbocycles. The lowest BCUT2D eigenvalue weighted by atomic mass is 10.2. The van der Waals surface area contributed by atoms with Gasteiger partial charge < -0.3 is 19.9 Å². The zero-order chi connectivity index (χ0) is 19.8. The van der Waals surface area contributed by atoms with Gasteiger partial charge in [-0.3, -0.25) is 4.79 Å². The summed E-state index contributed by atoms with van der Waals surface area (Å²) in [4.78, 5) is 15.0. The Kier molecular flexibility index (Phi) is 7.65. The fraction of sp³-hybridized carbons (Fsp3) is 0.381. The molecular weight excluding hydrogens is 381 g/mol. The highest BCUT2D eigenvalue weighted by Crippen LogP contribution is 2.14. The number of halogens is 2. The molecule has 0 spiro atoms. The Labute approximate surface area is 170 Å². The highest BCUT2D eigenvalue weighted by molar-refractivity contribution is 6.30. The molecule has 1 aliphatic rings. The molecular formula is C21H27ClFN3O2+2. The first-order valence-electron chi connectivity index (χ1n) is 9.65. The maximum absolute atomic E-state index is 12.9. The van der Waals surface area contributed by atoms with E-state index in [0.717, 1.165) is 44.0 Å². The van der Waals surface area contributed by atoms with Gasteiger partial charge >= 0.3 is 0 Å². The van der Waals surface area contributed by atoms with E-state index in [9.17, 15) is 9.18 Å². The number of hydrogen-bond donors (Lipinski definition) is 3. The van der Waals surface area contributed by atoms with Gasteiger partial charge in [0.05, 0.1) is 0 Å². The average Bonchev–Trinajstić information content (AvgIpc) is 2.70. The number of amides is 1. The Morgan fingerprint density at radius 2 is 1.64 bits per heavy atom. The van der Waals surface area contributed by atoms with Gasteiger partial charge in [-0.15, -0.1) is 0 Å². The van der Waals surface area contributed by atoms with Crippen LogP contribution in [0.5, 0.6) is 5.75 Å². The Morgan fingerprint density at radius 3 is 2.32 bits per heavy atom. The minimum Gasteiger partial charge on any atom is -0.488 e. The smallest absolute Gasteiger partial charge is 0.275 e. The Morgan fingerprint density at radius 1 is 1.00 bits per heavy atom. The van der Waals surface area contributed by atoms with E-state index in [1.165, 1.54) is 21.9 Å². The van der Waals surface area contributed by atoms with Gasteiger partial charge in [0.1, 0.15) is 50.9 Å². The van der Waals surface area contributed by atoms with Crippen molar-refractivity contribution in [1.82, 2.24) is 5.32 Å². The number of carbonyl (C=O) groups is 1. The van der Waals surface area contributed by atoms with Crippen LogP contribution in [0, 0.1) is 5.82 Å². The van der Waals surface area contributed by atoms with E-state index in [1.54, 1.807) is 12.1 Å². The molecule has 1 heterocycles. The van der Waals surface area contributed by atoms with Gasteiger partial charge in [-0.05, 0) is 42.0 Å². The van der Waals surface area contributed by atoms with Crippen LogP contribution in [0.3, 0.4) is 0 Å². The van der Waals surface area contributed by atoms with E-state index in [-0.39, 0.29) is 11.7 Å². The second-order valence-corrected chi connectivity index (χ2v) is 7.57. The first-order valence-corrected chi connectivity index (χ1v) is 10.0. The number of rotatable bonds is 8. The van der Waals surface area contributed by atoms with Crippen molar-refractivity contribution in [2.24, 2.45) is 0 Å². The van der Waals surface area contributed by atoms with Gasteiger partial charge in [0.25, 0.3) is 5.91 Å². The molecule has 0 aliphatic carbocycles. The molecule has 0 unspecified atom stereocenters. The third-order valence-corrected chi connectivity index (χ3v) is 5.27. The number of quaternary nitrogens is 2. The topological polar surface area (TPSA) is 47.2 Å². The van der Waals surface area contributed by atoms with E-state index < -0.39 is 0 Å². The second kappa shape index (κ2) is 10.4. The van der Waals surface area contributed by atoms with Gasteiger partial charge in [0.15, 0.2) is 6.54 Å². The summed E-state index contributed by atoms with van der Waals surface area (Å²) >= 11 is 5.87. The minimum atomic E-state index is -0.265. The molecule has 1 aliphatic heterocycles. The van der Waals surface area contributed by atoms with Crippen LogP contribution in [0.4, 0.5) is 4.39 Å². The predicted octanol–water partition coefficient (Wildman–Crippen LogP) is -0.0423. The Balaban J connectivity index is 1.29. The molecule has 1 saturated heterocycles. The summed E-state index contributed by atoms with van der Waals surface area (Å²) < 4.78 is 18.7. The van der Waals surface area contributed by atoms with Crippen molar-refractivity contribution in [3.05, 3.63) is 64.9 Å². The van der Waals surface area contributed by atoms with Crippen LogP contribution in [0.25, 0.3) is 0 Å². The SMILES string of the molecule is O=C(C[NH+]1CC[NH+](CCOc2ccc(Cl)cc2)CC1)NCc1ccc(F)cc1. The van der Waals surface area contributed by atoms with Gasteiger partial charge in [-0.1, -0.05) is 23.7 Å². The number of carbonyl (C=O) groups excluding carboxylic acids is 1. The second-order valence-electron chi connectivity index (χ2n) is 7.13. The van der Waals surface area contributed by atoms with Gasteiger partial charge in [0, 0.05) is 11.6 Å². The lowest BCUT2D eigenvalue weighted by Gasteiger charge is -2.29. The van der Waals surface area contributed by atoms with Crippen LogP contribution in [-0.4, -0.2) is 51.8 Å². The maximum Gasteiger partial charge on any atom is 0.275 e. The molecule has 28 heavy (non-hydrogen) atoms. The maximum atomic E-state index is 12.9. The fourth-order valence-electron chi connectivity index (χ4n) is 3.32. The van der Waals surface area contributed by atoms with Crippen LogP contribution in [0.2, 0.25) is 5.02 Å². The number of hydrogen-bond acceptors (Lipinski definition) is 2. The monoisotopic (exact) mass is 407 g/mol.